The zero-order chi connectivity index (χ0) is 16.7. The van der Waals surface area contributed by atoms with Gasteiger partial charge in [-0.3, -0.25) is 0 Å². The number of thiazole rings is 1. The smallest absolute Gasteiger partial charge is 0.123 e. The van der Waals surface area contributed by atoms with Crippen molar-refractivity contribution in [2.45, 2.75) is 57.7 Å². The second-order valence-corrected chi connectivity index (χ2v) is 9.18. The molecule has 0 saturated heterocycles. The molecule has 0 atom stereocenters. The number of hydrogen-bond donors (Lipinski definition) is 1. The quantitative estimate of drug-likeness (QED) is 0.646. The van der Waals surface area contributed by atoms with Crippen molar-refractivity contribution in [3.05, 3.63) is 33.6 Å². The third-order valence-electron chi connectivity index (χ3n) is 3.69. The number of rotatable bonds is 2. The molecule has 22 heavy (non-hydrogen) atoms. The van der Waals surface area contributed by atoms with E-state index in [1.165, 1.54) is 0 Å². The van der Waals surface area contributed by atoms with Gasteiger partial charge in [0.15, 0.2) is 0 Å². The Balaban J connectivity index is 2.70. The van der Waals surface area contributed by atoms with Crippen molar-refractivity contribution in [1.82, 2.24) is 4.98 Å². The largest absolute Gasteiger partial charge is 0.507 e. The van der Waals surface area contributed by atoms with Crippen LogP contribution in [0.2, 0.25) is 0 Å². The molecule has 1 aromatic carbocycles. The maximum atomic E-state index is 10.8. The SMILES string of the molecule is CC(C)(C)c1cc(-c2csc(CBr)n2)cc(C(C)(C)C)c1O. The van der Waals surface area contributed by atoms with Gasteiger partial charge in [0.05, 0.1) is 11.0 Å². The van der Waals surface area contributed by atoms with E-state index in [1.54, 1.807) is 11.3 Å². The highest BCUT2D eigenvalue weighted by Crippen LogP contribution is 2.42. The first-order valence-electron chi connectivity index (χ1n) is 7.42. The Labute approximate surface area is 145 Å². The molecule has 0 aliphatic heterocycles. The lowest BCUT2D eigenvalue weighted by Gasteiger charge is -2.28. The van der Waals surface area contributed by atoms with E-state index in [2.05, 4.69) is 80.0 Å². The third-order valence-corrected chi connectivity index (χ3v) is 5.44. The second kappa shape index (κ2) is 5.97. The molecule has 0 spiro atoms. The van der Waals surface area contributed by atoms with Gasteiger partial charge >= 0.3 is 0 Å². The molecule has 0 bridgehead atoms. The van der Waals surface area contributed by atoms with Crippen LogP contribution in [0.15, 0.2) is 17.5 Å². The number of halogens is 1. The summed E-state index contributed by atoms with van der Waals surface area (Å²) in [6.45, 7) is 12.8. The molecule has 0 radical (unpaired) electrons. The Morgan fingerprint density at radius 2 is 1.55 bits per heavy atom. The summed E-state index contributed by atoms with van der Waals surface area (Å²) in [6, 6.07) is 4.16. The van der Waals surface area contributed by atoms with Crippen LogP contribution in [0.1, 0.15) is 57.7 Å². The van der Waals surface area contributed by atoms with E-state index >= 15 is 0 Å². The average molecular weight is 382 g/mol. The van der Waals surface area contributed by atoms with Crippen molar-refractivity contribution in [1.29, 1.82) is 0 Å². The van der Waals surface area contributed by atoms with Crippen LogP contribution < -0.4 is 0 Å². The Bertz CT molecular complexity index is 642. The summed E-state index contributed by atoms with van der Waals surface area (Å²) in [7, 11) is 0. The molecule has 0 aliphatic carbocycles. The van der Waals surface area contributed by atoms with Gasteiger partial charge in [0, 0.05) is 22.1 Å². The fraction of sp³-hybridized carbons (Fsp3) is 0.500. The highest BCUT2D eigenvalue weighted by Gasteiger charge is 2.27. The molecule has 1 aromatic heterocycles. The first kappa shape index (κ1) is 17.5. The molecule has 0 unspecified atom stereocenters. The highest BCUT2D eigenvalue weighted by molar-refractivity contribution is 9.08. The van der Waals surface area contributed by atoms with Gasteiger partial charge in [0.25, 0.3) is 0 Å². The van der Waals surface area contributed by atoms with E-state index in [0.717, 1.165) is 32.7 Å². The van der Waals surface area contributed by atoms with Crippen LogP contribution in [-0.2, 0) is 16.2 Å². The third kappa shape index (κ3) is 3.54. The van der Waals surface area contributed by atoms with Crippen LogP contribution in [0, 0.1) is 0 Å². The molecule has 4 heteroatoms. The molecular formula is C18H24BrNOS. The van der Waals surface area contributed by atoms with Crippen molar-refractivity contribution in [3.63, 3.8) is 0 Å². The molecule has 0 aliphatic rings. The van der Waals surface area contributed by atoms with Gasteiger partial charge in [-0.1, -0.05) is 57.5 Å². The zero-order valence-corrected chi connectivity index (χ0v) is 16.5. The van der Waals surface area contributed by atoms with Gasteiger partial charge < -0.3 is 5.11 Å². The minimum Gasteiger partial charge on any atom is -0.507 e. The highest BCUT2D eigenvalue weighted by atomic mass is 79.9. The van der Waals surface area contributed by atoms with Gasteiger partial charge in [0.2, 0.25) is 0 Å². The standard InChI is InChI=1S/C18H24BrNOS/c1-17(2,3)12-7-11(14-10-22-15(9-19)20-14)8-13(16(12)21)18(4,5)6/h7-8,10,21H,9H2,1-6H3. The lowest BCUT2D eigenvalue weighted by Crippen LogP contribution is -2.17. The summed E-state index contributed by atoms with van der Waals surface area (Å²) < 4.78 is 0. The van der Waals surface area contributed by atoms with E-state index in [4.69, 9.17) is 0 Å². The molecule has 0 saturated carbocycles. The molecule has 0 fully saturated rings. The normalized spacial score (nSPS) is 12.7. The minimum absolute atomic E-state index is 0.117. The maximum Gasteiger partial charge on any atom is 0.123 e. The maximum absolute atomic E-state index is 10.8. The van der Waals surface area contributed by atoms with E-state index in [9.17, 15) is 5.11 Å². The van der Waals surface area contributed by atoms with Crippen molar-refractivity contribution >= 4 is 27.3 Å². The van der Waals surface area contributed by atoms with Crippen molar-refractivity contribution in [2.75, 3.05) is 0 Å². The summed E-state index contributed by atoms with van der Waals surface area (Å²) in [5, 5.41) is 14.7. The van der Waals surface area contributed by atoms with Gasteiger partial charge in [-0.05, 0) is 23.0 Å². The lowest BCUT2D eigenvalue weighted by molar-refractivity contribution is 0.423. The Morgan fingerprint density at radius 3 is 1.91 bits per heavy atom. The van der Waals surface area contributed by atoms with Crippen LogP contribution >= 0.6 is 27.3 Å². The van der Waals surface area contributed by atoms with E-state index in [-0.39, 0.29) is 10.8 Å². The van der Waals surface area contributed by atoms with Gasteiger partial charge in [-0.2, -0.15) is 0 Å². The first-order valence-corrected chi connectivity index (χ1v) is 9.43. The number of aromatic nitrogens is 1. The van der Waals surface area contributed by atoms with Gasteiger partial charge in [0.1, 0.15) is 10.8 Å². The Kier molecular flexibility index (Phi) is 4.74. The van der Waals surface area contributed by atoms with Crippen LogP contribution in [0.25, 0.3) is 11.3 Å². The number of hydrogen-bond acceptors (Lipinski definition) is 3. The number of phenols is 1. The monoisotopic (exact) mass is 381 g/mol. The summed E-state index contributed by atoms with van der Waals surface area (Å²) >= 11 is 5.11. The molecule has 120 valence electrons. The van der Waals surface area contributed by atoms with Crippen LogP contribution in [-0.4, -0.2) is 10.1 Å². The van der Waals surface area contributed by atoms with Crippen molar-refractivity contribution < 1.29 is 5.11 Å². The van der Waals surface area contributed by atoms with Crippen molar-refractivity contribution in [2.24, 2.45) is 0 Å². The molecule has 2 aromatic rings. The predicted molar refractivity (Wildman–Crippen MR) is 99.2 cm³/mol. The number of phenolic OH excluding ortho intramolecular Hbond substituents is 1. The van der Waals surface area contributed by atoms with E-state index in [0.29, 0.717) is 5.75 Å². The topological polar surface area (TPSA) is 33.1 Å². The van der Waals surface area contributed by atoms with Crippen LogP contribution in [0.3, 0.4) is 0 Å². The molecule has 1 N–H and O–H groups in total. The second-order valence-electron chi connectivity index (χ2n) is 7.68. The fourth-order valence-electron chi connectivity index (χ4n) is 2.43. The number of alkyl halides is 1. The fourth-order valence-corrected chi connectivity index (χ4v) is 3.60. The molecule has 2 rings (SSSR count). The summed E-state index contributed by atoms with van der Waals surface area (Å²) in [6.07, 6.45) is 0. The number of aromatic hydroxyl groups is 1. The summed E-state index contributed by atoms with van der Waals surface area (Å²) in [4.78, 5) is 4.66. The molecular weight excluding hydrogens is 358 g/mol. The molecule has 1 heterocycles. The lowest BCUT2D eigenvalue weighted by atomic mass is 9.78. The van der Waals surface area contributed by atoms with Gasteiger partial charge in [-0.15, -0.1) is 11.3 Å². The summed E-state index contributed by atoms with van der Waals surface area (Å²) in [5.74, 6) is 0.416. The number of nitrogens with zero attached hydrogens (tertiary/aromatic N) is 1. The Morgan fingerprint density at radius 1 is 1.05 bits per heavy atom. The van der Waals surface area contributed by atoms with E-state index in [1.807, 2.05) is 0 Å². The van der Waals surface area contributed by atoms with Gasteiger partial charge in [-0.25, -0.2) is 4.98 Å². The zero-order valence-electron chi connectivity index (χ0n) is 14.1. The van der Waals surface area contributed by atoms with Crippen molar-refractivity contribution in [3.8, 4) is 17.0 Å². The molecule has 2 nitrogen and oxygen atoms in total. The predicted octanol–water partition coefficient (Wildman–Crippen LogP) is 6.01. The Hall–Kier alpha value is -0.870. The molecule has 0 amide bonds. The average Bonchev–Trinajstić information content (AvgIpc) is 2.85. The first-order chi connectivity index (χ1) is 10.0. The van der Waals surface area contributed by atoms with E-state index < -0.39 is 0 Å². The number of benzene rings is 1. The minimum atomic E-state index is -0.117. The van der Waals surface area contributed by atoms with Crippen LogP contribution in [0.4, 0.5) is 0 Å². The summed E-state index contributed by atoms with van der Waals surface area (Å²) in [5.41, 5.74) is 3.78. The van der Waals surface area contributed by atoms with Crippen LogP contribution in [0.5, 0.6) is 5.75 Å².